The highest BCUT2D eigenvalue weighted by Gasteiger charge is 2.40. The van der Waals surface area contributed by atoms with E-state index in [4.69, 9.17) is 0 Å². The maximum Gasteiger partial charge on any atom is 0.0569 e. The van der Waals surface area contributed by atoms with Crippen LogP contribution in [-0.2, 0) is 0 Å². The van der Waals surface area contributed by atoms with Gasteiger partial charge in [-0.05, 0) is 38.6 Å². The van der Waals surface area contributed by atoms with Gasteiger partial charge in [-0.25, -0.2) is 0 Å². The summed E-state index contributed by atoms with van der Waals surface area (Å²) in [6.45, 7) is 1.02. The predicted molar refractivity (Wildman–Crippen MR) is 39.8 cm³/mol. The standard InChI is InChI=1S/C8H15NO/c10-7-2-5-9-8(6-7)3-1-4-8/h7,9-10H,1-6H2. The molecule has 2 N–H and O–H groups in total. The van der Waals surface area contributed by atoms with Crippen LogP contribution in [0.2, 0.25) is 0 Å². The summed E-state index contributed by atoms with van der Waals surface area (Å²) in [5, 5.41) is 12.9. The second kappa shape index (κ2) is 2.21. The number of aliphatic hydroxyl groups is 1. The van der Waals surface area contributed by atoms with E-state index in [1.54, 1.807) is 0 Å². The molecule has 1 aliphatic heterocycles. The number of hydrogen-bond donors (Lipinski definition) is 2. The molecule has 2 aliphatic rings. The highest BCUT2D eigenvalue weighted by Crippen LogP contribution is 2.38. The topological polar surface area (TPSA) is 32.3 Å². The third-order valence-electron chi connectivity index (χ3n) is 2.91. The third kappa shape index (κ3) is 0.956. The number of nitrogens with one attached hydrogen (secondary N) is 1. The van der Waals surface area contributed by atoms with Crippen LogP contribution in [0, 0.1) is 0 Å². The maximum absolute atomic E-state index is 9.37. The van der Waals surface area contributed by atoms with Crippen molar-refractivity contribution >= 4 is 0 Å². The summed E-state index contributed by atoms with van der Waals surface area (Å²) in [4.78, 5) is 0. The third-order valence-corrected chi connectivity index (χ3v) is 2.91. The van der Waals surface area contributed by atoms with E-state index in [9.17, 15) is 5.11 Å². The molecule has 1 saturated carbocycles. The minimum absolute atomic E-state index is 0.0263. The van der Waals surface area contributed by atoms with Gasteiger partial charge in [0.05, 0.1) is 6.10 Å². The van der Waals surface area contributed by atoms with Crippen LogP contribution in [0.3, 0.4) is 0 Å². The summed E-state index contributed by atoms with van der Waals surface area (Å²) in [5.74, 6) is 0. The van der Waals surface area contributed by atoms with Gasteiger partial charge in [-0.3, -0.25) is 0 Å². The van der Waals surface area contributed by atoms with E-state index in [0.717, 1.165) is 19.4 Å². The zero-order valence-corrected chi connectivity index (χ0v) is 6.27. The highest BCUT2D eigenvalue weighted by molar-refractivity contribution is 4.99. The number of hydrogen-bond acceptors (Lipinski definition) is 2. The minimum Gasteiger partial charge on any atom is -0.393 e. The van der Waals surface area contributed by atoms with Crippen LogP contribution in [-0.4, -0.2) is 23.3 Å². The van der Waals surface area contributed by atoms with Crippen LogP contribution in [0.4, 0.5) is 0 Å². The molecule has 1 unspecified atom stereocenters. The van der Waals surface area contributed by atoms with Crippen molar-refractivity contribution in [2.45, 2.75) is 43.7 Å². The Morgan fingerprint density at radius 3 is 2.60 bits per heavy atom. The van der Waals surface area contributed by atoms with E-state index in [-0.39, 0.29) is 6.10 Å². The van der Waals surface area contributed by atoms with E-state index in [0.29, 0.717) is 5.54 Å². The SMILES string of the molecule is OC1CCNC2(CCC2)C1. The Bertz CT molecular complexity index is 131. The molecule has 1 aliphatic carbocycles. The summed E-state index contributed by atoms with van der Waals surface area (Å²) < 4.78 is 0. The molecule has 2 rings (SSSR count). The quantitative estimate of drug-likeness (QED) is 0.519. The van der Waals surface area contributed by atoms with Crippen molar-refractivity contribution in [3.63, 3.8) is 0 Å². The Hall–Kier alpha value is -0.0800. The molecule has 1 saturated heterocycles. The van der Waals surface area contributed by atoms with Gasteiger partial charge in [-0.1, -0.05) is 0 Å². The van der Waals surface area contributed by atoms with Crippen LogP contribution in [0.15, 0.2) is 0 Å². The second-order valence-corrected chi connectivity index (χ2v) is 3.71. The summed E-state index contributed by atoms with van der Waals surface area (Å²) in [7, 11) is 0. The van der Waals surface area contributed by atoms with Crippen LogP contribution in [0.25, 0.3) is 0 Å². The average Bonchev–Trinajstić information content (AvgIpc) is 1.85. The number of piperidine rings is 1. The molecule has 0 aromatic rings. The molecular weight excluding hydrogens is 126 g/mol. The van der Waals surface area contributed by atoms with E-state index in [2.05, 4.69) is 5.32 Å². The smallest absolute Gasteiger partial charge is 0.0569 e. The first-order chi connectivity index (χ1) is 4.81. The molecule has 0 bridgehead atoms. The molecule has 2 heteroatoms. The Kier molecular flexibility index (Phi) is 1.46. The van der Waals surface area contributed by atoms with E-state index in [1.165, 1.54) is 19.3 Å². The first-order valence-corrected chi connectivity index (χ1v) is 4.24. The predicted octanol–water partition coefficient (Wildman–Crippen LogP) is 0.653. The van der Waals surface area contributed by atoms with Crippen LogP contribution >= 0.6 is 0 Å². The summed E-state index contributed by atoms with van der Waals surface area (Å²) in [5.41, 5.74) is 0.373. The molecule has 0 aromatic carbocycles. The van der Waals surface area contributed by atoms with Gasteiger partial charge in [0.25, 0.3) is 0 Å². The fourth-order valence-corrected chi connectivity index (χ4v) is 2.11. The molecule has 1 spiro atoms. The van der Waals surface area contributed by atoms with Gasteiger partial charge in [-0.15, -0.1) is 0 Å². The van der Waals surface area contributed by atoms with Crippen LogP contribution in [0.1, 0.15) is 32.1 Å². The van der Waals surface area contributed by atoms with Gasteiger partial charge in [-0.2, -0.15) is 0 Å². The Morgan fingerprint density at radius 1 is 1.40 bits per heavy atom. The minimum atomic E-state index is -0.0263. The van der Waals surface area contributed by atoms with Crippen molar-refractivity contribution in [3.8, 4) is 0 Å². The fourth-order valence-electron chi connectivity index (χ4n) is 2.11. The largest absolute Gasteiger partial charge is 0.393 e. The molecule has 1 heterocycles. The lowest BCUT2D eigenvalue weighted by Gasteiger charge is -2.47. The van der Waals surface area contributed by atoms with E-state index in [1.807, 2.05) is 0 Å². The first kappa shape index (κ1) is 6.62. The van der Waals surface area contributed by atoms with E-state index >= 15 is 0 Å². The van der Waals surface area contributed by atoms with Gasteiger partial charge < -0.3 is 10.4 Å². The van der Waals surface area contributed by atoms with Gasteiger partial charge in [0, 0.05) is 5.54 Å². The van der Waals surface area contributed by atoms with Crippen molar-refractivity contribution in [1.82, 2.24) is 5.32 Å². The Balaban J connectivity index is 1.96. The molecule has 1 atom stereocenters. The zero-order chi connectivity index (χ0) is 7.03. The number of aliphatic hydroxyl groups excluding tert-OH is 1. The monoisotopic (exact) mass is 141 g/mol. The maximum atomic E-state index is 9.37. The lowest BCUT2D eigenvalue weighted by atomic mass is 9.71. The van der Waals surface area contributed by atoms with Gasteiger partial charge in [0.1, 0.15) is 0 Å². The Morgan fingerprint density at radius 2 is 2.20 bits per heavy atom. The molecule has 2 nitrogen and oxygen atoms in total. The normalized spacial score (nSPS) is 37.5. The van der Waals surface area contributed by atoms with Crippen LogP contribution in [0.5, 0.6) is 0 Å². The lowest BCUT2D eigenvalue weighted by molar-refractivity contribution is 0.0382. The molecule has 0 amide bonds. The molecule has 2 fully saturated rings. The van der Waals surface area contributed by atoms with Crippen molar-refractivity contribution in [2.75, 3.05) is 6.54 Å². The molecule has 0 radical (unpaired) electrons. The van der Waals surface area contributed by atoms with Crippen molar-refractivity contribution in [3.05, 3.63) is 0 Å². The average molecular weight is 141 g/mol. The lowest BCUT2D eigenvalue weighted by Crippen LogP contribution is -2.56. The Labute approximate surface area is 61.6 Å². The second-order valence-electron chi connectivity index (χ2n) is 3.71. The van der Waals surface area contributed by atoms with Crippen molar-refractivity contribution in [1.29, 1.82) is 0 Å². The van der Waals surface area contributed by atoms with Crippen molar-refractivity contribution in [2.24, 2.45) is 0 Å². The molecule has 10 heavy (non-hydrogen) atoms. The van der Waals surface area contributed by atoms with Gasteiger partial charge >= 0.3 is 0 Å². The van der Waals surface area contributed by atoms with Gasteiger partial charge in [0.15, 0.2) is 0 Å². The first-order valence-electron chi connectivity index (χ1n) is 4.24. The highest BCUT2D eigenvalue weighted by atomic mass is 16.3. The summed E-state index contributed by atoms with van der Waals surface area (Å²) >= 11 is 0. The summed E-state index contributed by atoms with van der Waals surface area (Å²) in [6.07, 6.45) is 5.82. The summed E-state index contributed by atoms with van der Waals surface area (Å²) in [6, 6.07) is 0. The zero-order valence-electron chi connectivity index (χ0n) is 6.27. The van der Waals surface area contributed by atoms with Crippen LogP contribution < -0.4 is 5.32 Å². The number of rotatable bonds is 0. The van der Waals surface area contributed by atoms with Gasteiger partial charge in [0.2, 0.25) is 0 Å². The molecule has 58 valence electrons. The molecule has 0 aromatic heterocycles. The van der Waals surface area contributed by atoms with Crippen molar-refractivity contribution < 1.29 is 5.11 Å². The molecular formula is C8H15NO. The van der Waals surface area contributed by atoms with E-state index < -0.39 is 0 Å². The fraction of sp³-hybridized carbons (Fsp3) is 1.00.